The first-order valence-electron chi connectivity index (χ1n) is 7.26. The summed E-state index contributed by atoms with van der Waals surface area (Å²) in [7, 11) is 0. The molecule has 0 bridgehead atoms. The number of ether oxygens (including phenoxy) is 1. The lowest BCUT2D eigenvalue weighted by Crippen LogP contribution is -2.30. The molecule has 126 valence electrons. The van der Waals surface area contributed by atoms with E-state index in [1.807, 2.05) is 31.2 Å². The largest absolute Gasteiger partial charge is 0.451 e. The van der Waals surface area contributed by atoms with Crippen LogP contribution in [-0.2, 0) is 9.53 Å². The van der Waals surface area contributed by atoms with Crippen molar-refractivity contribution in [2.45, 2.75) is 11.8 Å². The van der Waals surface area contributed by atoms with Crippen molar-refractivity contribution >= 4 is 29.5 Å². The first kappa shape index (κ1) is 17.7. The first-order chi connectivity index (χ1) is 11.6. The third-order valence-electron chi connectivity index (χ3n) is 2.97. The molecule has 0 atom stereocenters. The highest BCUT2D eigenvalue weighted by molar-refractivity contribution is 7.99. The summed E-state index contributed by atoms with van der Waals surface area (Å²) in [6.07, 6.45) is 2.69. The number of carbonyl (C=O) groups is 2. The van der Waals surface area contributed by atoms with Gasteiger partial charge in [-0.1, -0.05) is 17.7 Å². The number of thioether (sulfide) groups is 1. The molecule has 1 aromatic heterocycles. The van der Waals surface area contributed by atoms with E-state index >= 15 is 0 Å². The van der Waals surface area contributed by atoms with Crippen LogP contribution in [0.25, 0.3) is 0 Å². The number of nitrogens with two attached hydrogens (primary N) is 1. The van der Waals surface area contributed by atoms with Gasteiger partial charge in [-0.2, -0.15) is 0 Å². The van der Waals surface area contributed by atoms with Crippen molar-refractivity contribution in [1.29, 1.82) is 0 Å². The van der Waals surface area contributed by atoms with Crippen molar-refractivity contribution in [2.75, 3.05) is 24.6 Å². The lowest BCUT2D eigenvalue weighted by atomic mass is 10.2. The lowest BCUT2D eigenvalue weighted by Gasteiger charge is -2.07. The van der Waals surface area contributed by atoms with Crippen molar-refractivity contribution in [3.05, 3.63) is 47.9 Å². The van der Waals surface area contributed by atoms with Gasteiger partial charge in [-0.05, 0) is 19.1 Å². The highest BCUT2D eigenvalue weighted by Crippen LogP contribution is 2.17. The molecule has 0 saturated heterocycles. The number of nitrogens with zero attached hydrogens (tertiary/aromatic N) is 2. The smallest absolute Gasteiger partial charge is 0.361 e. The molecule has 0 saturated carbocycles. The standard InChI is InChI=1S/C16H18N4O3S/c1-11-2-4-12(5-3-11)24-9-8-18-13(21)10-23-16(22)14-15(17)20-7-6-19-14/h2-7H,8-10H2,1H3,(H2,17,20)(H,18,21). The van der Waals surface area contributed by atoms with Crippen molar-refractivity contribution in [3.8, 4) is 0 Å². The van der Waals surface area contributed by atoms with Gasteiger partial charge in [-0.15, -0.1) is 11.8 Å². The van der Waals surface area contributed by atoms with Gasteiger partial charge in [0, 0.05) is 29.6 Å². The highest BCUT2D eigenvalue weighted by atomic mass is 32.2. The molecule has 3 N–H and O–H groups in total. The summed E-state index contributed by atoms with van der Waals surface area (Å²) < 4.78 is 4.86. The molecule has 0 unspecified atom stereocenters. The Morgan fingerprint density at radius 2 is 1.92 bits per heavy atom. The monoisotopic (exact) mass is 346 g/mol. The molecule has 2 rings (SSSR count). The van der Waals surface area contributed by atoms with E-state index in [2.05, 4.69) is 15.3 Å². The fourth-order valence-electron chi connectivity index (χ4n) is 1.75. The molecule has 1 heterocycles. The van der Waals surface area contributed by atoms with Crippen LogP contribution in [0.3, 0.4) is 0 Å². The number of benzene rings is 1. The Morgan fingerprint density at radius 3 is 2.62 bits per heavy atom. The maximum atomic E-state index is 11.7. The van der Waals surface area contributed by atoms with Crippen molar-refractivity contribution in [2.24, 2.45) is 0 Å². The molecule has 2 aromatic rings. The molecule has 24 heavy (non-hydrogen) atoms. The van der Waals surface area contributed by atoms with E-state index in [0.29, 0.717) is 6.54 Å². The quantitative estimate of drug-likeness (QED) is 0.444. The number of carbonyl (C=O) groups excluding carboxylic acids is 2. The molecule has 7 nitrogen and oxygen atoms in total. The van der Waals surface area contributed by atoms with E-state index in [9.17, 15) is 9.59 Å². The zero-order valence-electron chi connectivity index (χ0n) is 13.2. The maximum Gasteiger partial charge on any atom is 0.361 e. The lowest BCUT2D eigenvalue weighted by molar-refractivity contribution is -0.124. The summed E-state index contributed by atoms with van der Waals surface area (Å²) >= 11 is 1.64. The van der Waals surface area contributed by atoms with E-state index in [4.69, 9.17) is 10.5 Å². The average molecular weight is 346 g/mol. The minimum atomic E-state index is -0.773. The van der Waals surface area contributed by atoms with Gasteiger partial charge in [-0.3, -0.25) is 4.79 Å². The van der Waals surface area contributed by atoms with E-state index < -0.39 is 5.97 Å². The maximum absolute atomic E-state index is 11.7. The van der Waals surface area contributed by atoms with E-state index in [0.717, 1.165) is 10.6 Å². The predicted molar refractivity (Wildman–Crippen MR) is 91.6 cm³/mol. The summed E-state index contributed by atoms with van der Waals surface area (Å²) in [6, 6.07) is 8.15. The van der Waals surface area contributed by atoms with Crippen LogP contribution in [0.4, 0.5) is 5.82 Å². The third kappa shape index (κ3) is 5.54. The predicted octanol–water partition coefficient (Wildman–Crippen LogP) is 1.43. The van der Waals surface area contributed by atoms with Gasteiger partial charge in [0.1, 0.15) is 0 Å². The zero-order valence-corrected chi connectivity index (χ0v) is 14.0. The number of aromatic nitrogens is 2. The van der Waals surface area contributed by atoms with Crippen molar-refractivity contribution in [3.63, 3.8) is 0 Å². The summed E-state index contributed by atoms with van der Waals surface area (Å²) in [5, 5.41) is 2.68. The molecular weight excluding hydrogens is 328 g/mol. The first-order valence-corrected chi connectivity index (χ1v) is 8.24. The van der Waals surface area contributed by atoms with Crippen LogP contribution in [0.2, 0.25) is 0 Å². The Morgan fingerprint density at radius 1 is 1.21 bits per heavy atom. The number of aryl methyl sites for hydroxylation is 1. The topological polar surface area (TPSA) is 107 Å². The van der Waals surface area contributed by atoms with Gasteiger partial charge in [0.05, 0.1) is 0 Å². The van der Waals surface area contributed by atoms with Gasteiger partial charge in [0.25, 0.3) is 5.91 Å². The molecule has 0 fully saturated rings. The SMILES string of the molecule is Cc1ccc(SCCNC(=O)COC(=O)c2nccnc2N)cc1. The third-order valence-corrected chi connectivity index (χ3v) is 3.98. The van der Waals surface area contributed by atoms with Gasteiger partial charge < -0.3 is 15.8 Å². The summed E-state index contributed by atoms with van der Waals surface area (Å²) in [5.74, 6) is -0.461. The molecule has 1 aromatic carbocycles. The van der Waals surface area contributed by atoms with Gasteiger partial charge in [0.15, 0.2) is 18.1 Å². The Kier molecular flexibility index (Phi) is 6.56. The van der Waals surface area contributed by atoms with Crippen LogP contribution in [0.15, 0.2) is 41.6 Å². The molecule has 0 radical (unpaired) electrons. The molecule has 1 amide bonds. The Labute approximate surface area is 144 Å². The van der Waals surface area contributed by atoms with E-state index in [1.165, 1.54) is 18.0 Å². The minimum absolute atomic E-state index is 0.0302. The Bertz CT molecular complexity index is 707. The van der Waals surface area contributed by atoms with Crippen molar-refractivity contribution < 1.29 is 14.3 Å². The van der Waals surface area contributed by atoms with Gasteiger partial charge >= 0.3 is 5.97 Å². The molecule has 0 aliphatic carbocycles. The second kappa shape index (κ2) is 8.88. The summed E-state index contributed by atoms with van der Waals surface area (Å²) in [4.78, 5) is 32.0. The minimum Gasteiger partial charge on any atom is -0.451 e. The Hall–Kier alpha value is -2.61. The number of hydrogen-bond acceptors (Lipinski definition) is 7. The van der Waals surface area contributed by atoms with Gasteiger partial charge in [0.2, 0.25) is 0 Å². The Balaban J connectivity index is 1.65. The zero-order chi connectivity index (χ0) is 17.4. The van der Waals surface area contributed by atoms with Crippen molar-refractivity contribution in [1.82, 2.24) is 15.3 Å². The molecular formula is C16H18N4O3S. The fourth-order valence-corrected chi connectivity index (χ4v) is 2.52. The number of esters is 1. The molecule has 0 spiro atoms. The van der Waals surface area contributed by atoms with Crippen LogP contribution in [0, 0.1) is 6.92 Å². The molecule has 0 aliphatic rings. The summed E-state index contributed by atoms with van der Waals surface area (Å²) in [6.45, 7) is 2.12. The summed E-state index contributed by atoms with van der Waals surface area (Å²) in [5.41, 5.74) is 6.62. The number of nitrogens with one attached hydrogen (secondary N) is 1. The van der Waals surface area contributed by atoms with E-state index in [-0.39, 0.29) is 24.0 Å². The number of hydrogen-bond donors (Lipinski definition) is 2. The number of rotatable bonds is 7. The second-order valence-corrected chi connectivity index (χ2v) is 6.05. The number of anilines is 1. The second-order valence-electron chi connectivity index (χ2n) is 4.88. The highest BCUT2D eigenvalue weighted by Gasteiger charge is 2.15. The number of amides is 1. The fraction of sp³-hybridized carbons (Fsp3) is 0.250. The average Bonchev–Trinajstić information content (AvgIpc) is 2.58. The molecule has 0 aliphatic heterocycles. The normalized spacial score (nSPS) is 10.2. The van der Waals surface area contributed by atoms with Crippen LogP contribution in [0.1, 0.15) is 16.1 Å². The van der Waals surface area contributed by atoms with Crippen LogP contribution >= 0.6 is 11.8 Å². The molecule has 8 heteroatoms. The van der Waals surface area contributed by atoms with Crippen LogP contribution < -0.4 is 11.1 Å². The number of nitrogen functional groups attached to an aromatic ring is 1. The van der Waals surface area contributed by atoms with Crippen LogP contribution in [0.5, 0.6) is 0 Å². The van der Waals surface area contributed by atoms with E-state index in [1.54, 1.807) is 11.8 Å². The van der Waals surface area contributed by atoms with Crippen LogP contribution in [-0.4, -0.2) is 40.7 Å². The van der Waals surface area contributed by atoms with Gasteiger partial charge in [-0.25, -0.2) is 14.8 Å².